The van der Waals surface area contributed by atoms with E-state index < -0.39 is 18.0 Å². The lowest BCUT2D eigenvalue weighted by atomic mass is 9.96. The van der Waals surface area contributed by atoms with Gasteiger partial charge in [-0.1, -0.05) is 12.1 Å². The van der Waals surface area contributed by atoms with Gasteiger partial charge < -0.3 is 21.5 Å². The molecule has 2 aromatic carbocycles. The topological polar surface area (TPSA) is 104 Å². The zero-order valence-electron chi connectivity index (χ0n) is 17.7. The summed E-state index contributed by atoms with van der Waals surface area (Å²) in [5.41, 5.74) is 9.67. The van der Waals surface area contributed by atoms with Crippen molar-refractivity contribution in [3.63, 3.8) is 0 Å². The van der Waals surface area contributed by atoms with Crippen LogP contribution in [0.4, 0.5) is 4.39 Å². The fourth-order valence-electron chi connectivity index (χ4n) is 3.30. The maximum absolute atomic E-state index is 12.9. The molecule has 5 N–H and O–H groups in total. The molecule has 162 valence electrons. The average molecular weight is 416 g/mol. The van der Waals surface area contributed by atoms with E-state index in [1.165, 1.54) is 12.1 Å². The second-order valence-corrected chi connectivity index (χ2v) is 7.62. The van der Waals surface area contributed by atoms with E-state index in [-0.39, 0.29) is 17.5 Å². The van der Waals surface area contributed by atoms with E-state index in [0.29, 0.717) is 19.4 Å². The number of aryl methyl sites for hydroxylation is 3. The van der Waals surface area contributed by atoms with Crippen LogP contribution < -0.4 is 16.4 Å². The number of aromatic hydroxyl groups is 1. The molecule has 0 spiro atoms. The van der Waals surface area contributed by atoms with Gasteiger partial charge in [0.05, 0.1) is 6.04 Å². The first-order valence-electron chi connectivity index (χ1n) is 10.0. The Hall–Kier alpha value is -2.93. The number of nitrogens with two attached hydrogens (primary N) is 1. The molecule has 2 aromatic rings. The molecule has 2 rings (SSSR count). The van der Waals surface area contributed by atoms with Gasteiger partial charge in [0.15, 0.2) is 0 Å². The molecule has 0 fully saturated rings. The first kappa shape index (κ1) is 23.3. The minimum Gasteiger partial charge on any atom is -0.508 e. The summed E-state index contributed by atoms with van der Waals surface area (Å²) in [7, 11) is 0. The predicted octanol–water partition coefficient (Wildman–Crippen LogP) is 2.27. The molecular formula is C23H30FN3O3. The standard InChI is InChI=1S/C23H30FN3O3/c1-14-11-19(28)12-15(2)20(14)13-21(25)23(30)27-16(3)22(29)26-10-4-5-17-6-8-18(24)9-7-17/h6-9,11-12,16,21,28H,4-5,10,13,25H2,1-3H3,(H,26,29)(H,27,30)/t16-,21+/m1/s1. The number of carbonyl (C=O) groups excluding carboxylic acids is 2. The number of nitrogens with one attached hydrogen (secondary N) is 2. The second-order valence-electron chi connectivity index (χ2n) is 7.62. The average Bonchev–Trinajstić information content (AvgIpc) is 2.68. The van der Waals surface area contributed by atoms with Crippen LogP contribution in [0.25, 0.3) is 0 Å². The highest BCUT2D eigenvalue weighted by molar-refractivity contribution is 5.89. The fraction of sp³-hybridized carbons (Fsp3) is 0.391. The summed E-state index contributed by atoms with van der Waals surface area (Å²) in [4.78, 5) is 24.6. The molecule has 0 saturated heterocycles. The van der Waals surface area contributed by atoms with Gasteiger partial charge in [-0.05, 0) is 86.6 Å². The van der Waals surface area contributed by atoms with E-state index in [2.05, 4.69) is 10.6 Å². The number of benzene rings is 2. The number of hydrogen-bond donors (Lipinski definition) is 4. The highest BCUT2D eigenvalue weighted by Gasteiger charge is 2.21. The first-order valence-corrected chi connectivity index (χ1v) is 10.0. The van der Waals surface area contributed by atoms with E-state index in [1.807, 2.05) is 13.8 Å². The summed E-state index contributed by atoms with van der Waals surface area (Å²) in [6, 6.07) is 8.02. The van der Waals surface area contributed by atoms with Crippen LogP contribution in [-0.2, 0) is 22.4 Å². The van der Waals surface area contributed by atoms with Crippen molar-refractivity contribution in [2.45, 2.75) is 52.1 Å². The first-order chi connectivity index (χ1) is 14.2. The van der Waals surface area contributed by atoms with Crippen LogP contribution >= 0.6 is 0 Å². The highest BCUT2D eigenvalue weighted by Crippen LogP contribution is 2.21. The minimum absolute atomic E-state index is 0.177. The molecule has 0 aromatic heterocycles. The molecule has 30 heavy (non-hydrogen) atoms. The molecule has 0 aliphatic heterocycles. The Labute approximate surface area is 176 Å². The smallest absolute Gasteiger partial charge is 0.242 e. The Morgan fingerprint density at radius 3 is 2.30 bits per heavy atom. The summed E-state index contributed by atoms with van der Waals surface area (Å²) < 4.78 is 12.9. The quantitative estimate of drug-likeness (QED) is 0.472. The molecule has 2 amide bonds. The molecule has 7 heteroatoms. The van der Waals surface area contributed by atoms with Crippen molar-refractivity contribution in [1.82, 2.24) is 10.6 Å². The lowest BCUT2D eigenvalue weighted by molar-refractivity contribution is -0.129. The lowest BCUT2D eigenvalue weighted by Crippen LogP contribution is -2.51. The Morgan fingerprint density at radius 2 is 1.70 bits per heavy atom. The van der Waals surface area contributed by atoms with Gasteiger partial charge in [0.1, 0.15) is 17.6 Å². The van der Waals surface area contributed by atoms with Crippen LogP contribution in [0.3, 0.4) is 0 Å². The van der Waals surface area contributed by atoms with Gasteiger partial charge >= 0.3 is 0 Å². The summed E-state index contributed by atoms with van der Waals surface area (Å²) in [6.45, 7) is 5.77. The fourth-order valence-corrected chi connectivity index (χ4v) is 3.30. The molecule has 0 radical (unpaired) electrons. The molecule has 0 aliphatic rings. The summed E-state index contributed by atoms with van der Waals surface area (Å²) in [5, 5.41) is 15.1. The zero-order chi connectivity index (χ0) is 22.3. The number of phenolic OH excluding ortho intramolecular Hbond substituents is 1. The van der Waals surface area contributed by atoms with Crippen molar-refractivity contribution < 1.29 is 19.1 Å². The number of carbonyl (C=O) groups is 2. The Bertz CT molecular complexity index is 861. The number of rotatable bonds is 9. The van der Waals surface area contributed by atoms with E-state index >= 15 is 0 Å². The van der Waals surface area contributed by atoms with E-state index in [9.17, 15) is 19.1 Å². The highest BCUT2D eigenvalue weighted by atomic mass is 19.1. The summed E-state index contributed by atoms with van der Waals surface area (Å²) in [5.74, 6) is -0.787. The molecule has 0 saturated carbocycles. The third-order valence-corrected chi connectivity index (χ3v) is 5.05. The van der Waals surface area contributed by atoms with Crippen molar-refractivity contribution in [2.75, 3.05) is 6.54 Å². The molecular weight excluding hydrogens is 385 g/mol. The third kappa shape index (κ3) is 6.84. The van der Waals surface area contributed by atoms with Gasteiger partial charge in [0.25, 0.3) is 0 Å². The van der Waals surface area contributed by atoms with Gasteiger partial charge in [0.2, 0.25) is 11.8 Å². The van der Waals surface area contributed by atoms with E-state index in [0.717, 1.165) is 28.7 Å². The number of phenols is 1. The van der Waals surface area contributed by atoms with Gasteiger partial charge in [-0.25, -0.2) is 4.39 Å². The van der Waals surface area contributed by atoms with Crippen LogP contribution in [0, 0.1) is 19.7 Å². The van der Waals surface area contributed by atoms with Crippen molar-refractivity contribution in [1.29, 1.82) is 0 Å². The SMILES string of the molecule is Cc1cc(O)cc(C)c1C[C@H](N)C(=O)N[C@H](C)C(=O)NCCCc1ccc(F)cc1. The third-order valence-electron chi connectivity index (χ3n) is 5.05. The van der Waals surface area contributed by atoms with Crippen LogP contribution in [0.1, 0.15) is 35.6 Å². The van der Waals surface area contributed by atoms with Crippen LogP contribution in [0.5, 0.6) is 5.75 Å². The molecule has 2 atom stereocenters. The summed E-state index contributed by atoms with van der Waals surface area (Å²) in [6.07, 6.45) is 1.74. The lowest BCUT2D eigenvalue weighted by Gasteiger charge is -2.19. The normalized spacial score (nSPS) is 12.8. The number of amides is 2. The number of halogens is 1. The minimum atomic E-state index is -0.805. The Morgan fingerprint density at radius 1 is 1.10 bits per heavy atom. The van der Waals surface area contributed by atoms with Crippen molar-refractivity contribution in [2.24, 2.45) is 5.73 Å². The molecule has 0 bridgehead atoms. The van der Waals surface area contributed by atoms with Gasteiger partial charge in [-0.15, -0.1) is 0 Å². The molecule has 0 unspecified atom stereocenters. The Kier molecular flexibility index (Phi) is 8.35. The number of hydrogen-bond acceptors (Lipinski definition) is 4. The zero-order valence-corrected chi connectivity index (χ0v) is 17.7. The molecule has 0 heterocycles. The van der Waals surface area contributed by atoms with E-state index in [4.69, 9.17) is 5.73 Å². The second kappa shape index (κ2) is 10.7. The van der Waals surface area contributed by atoms with Crippen molar-refractivity contribution in [3.8, 4) is 5.75 Å². The van der Waals surface area contributed by atoms with Gasteiger partial charge in [0, 0.05) is 6.54 Å². The van der Waals surface area contributed by atoms with E-state index in [1.54, 1.807) is 31.2 Å². The Balaban J connectivity index is 1.77. The van der Waals surface area contributed by atoms with Crippen LogP contribution in [0.2, 0.25) is 0 Å². The summed E-state index contributed by atoms with van der Waals surface area (Å²) >= 11 is 0. The maximum atomic E-state index is 12.9. The molecule has 0 aliphatic carbocycles. The van der Waals surface area contributed by atoms with Crippen molar-refractivity contribution >= 4 is 11.8 Å². The van der Waals surface area contributed by atoms with Crippen LogP contribution in [0.15, 0.2) is 36.4 Å². The van der Waals surface area contributed by atoms with Crippen molar-refractivity contribution in [3.05, 3.63) is 64.5 Å². The van der Waals surface area contributed by atoms with Gasteiger partial charge in [-0.3, -0.25) is 9.59 Å². The van der Waals surface area contributed by atoms with Gasteiger partial charge in [-0.2, -0.15) is 0 Å². The predicted molar refractivity (Wildman–Crippen MR) is 115 cm³/mol. The monoisotopic (exact) mass is 415 g/mol. The largest absolute Gasteiger partial charge is 0.508 e. The van der Waals surface area contributed by atoms with Crippen LogP contribution in [-0.4, -0.2) is 35.5 Å². The maximum Gasteiger partial charge on any atom is 0.242 e. The molecule has 6 nitrogen and oxygen atoms in total.